The van der Waals surface area contributed by atoms with Gasteiger partial charge in [-0.15, -0.1) is 0 Å². The Kier molecular flexibility index (Phi) is 5.41. The lowest BCUT2D eigenvalue weighted by molar-refractivity contribution is 0.0747. The third-order valence-electron chi connectivity index (χ3n) is 4.87. The summed E-state index contributed by atoms with van der Waals surface area (Å²) in [5.74, 6) is 1.20. The number of rotatable bonds is 5. The lowest BCUT2D eigenvalue weighted by Gasteiger charge is -2.34. The Hall–Kier alpha value is -3.42. The molecule has 8 nitrogen and oxygen atoms in total. The monoisotopic (exact) mass is 392 g/mol. The summed E-state index contributed by atoms with van der Waals surface area (Å²) in [5, 5.41) is 4.51. The van der Waals surface area contributed by atoms with Crippen LogP contribution in [0.5, 0.6) is 5.88 Å². The Morgan fingerprint density at radius 1 is 1.10 bits per heavy atom. The normalized spacial score (nSPS) is 14.1. The number of carbonyl (C=O) groups excluding carboxylic acids is 1. The number of hydrogen-bond donors (Lipinski definition) is 0. The molecule has 0 saturated carbocycles. The van der Waals surface area contributed by atoms with Gasteiger partial charge < -0.3 is 14.5 Å². The molecular formula is C21H24N6O2. The molecule has 1 saturated heterocycles. The van der Waals surface area contributed by atoms with Gasteiger partial charge >= 0.3 is 0 Å². The first-order valence-corrected chi connectivity index (χ1v) is 9.75. The van der Waals surface area contributed by atoms with Crippen LogP contribution in [0.2, 0.25) is 0 Å². The fourth-order valence-electron chi connectivity index (χ4n) is 3.45. The second-order valence-electron chi connectivity index (χ2n) is 6.84. The number of amides is 1. The molecule has 1 aliphatic rings. The van der Waals surface area contributed by atoms with Crippen LogP contribution < -0.4 is 9.64 Å². The Balaban J connectivity index is 1.47. The van der Waals surface area contributed by atoms with Crippen molar-refractivity contribution < 1.29 is 9.53 Å². The molecule has 1 fully saturated rings. The van der Waals surface area contributed by atoms with Crippen LogP contribution in [0.4, 0.5) is 5.95 Å². The van der Waals surface area contributed by atoms with Crippen molar-refractivity contribution in [2.45, 2.75) is 6.92 Å². The molecule has 29 heavy (non-hydrogen) atoms. The number of nitrogens with zero attached hydrogens (tertiary/aromatic N) is 6. The molecule has 1 aromatic carbocycles. The average molecular weight is 392 g/mol. The van der Waals surface area contributed by atoms with Crippen molar-refractivity contribution in [3.05, 3.63) is 54.4 Å². The Morgan fingerprint density at radius 3 is 2.59 bits per heavy atom. The molecule has 4 rings (SSSR count). The molecule has 150 valence electrons. The summed E-state index contributed by atoms with van der Waals surface area (Å²) < 4.78 is 7.15. The highest BCUT2D eigenvalue weighted by atomic mass is 16.5. The highest BCUT2D eigenvalue weighted by Crippen LogP contribution is 2.24. The van der Waals surface area contributed by atoms with E-state index in [2.05, 4.69) is 20.0 Å². The van der Waals surface area contributed by atoms with Gasteiger partial charge in [-0.05, 0) is 6.92 Å². The van der Waals surface area contributed by atoms with Gasteiger partial charge in [0, 0.05) is 57.3 Å². The first-order chi connectivity index (χ1) is 14.2. The molecule has 0 unspecified atom stereocenters. The summed E-state index contributed by atoms with van der Waals surface area (Å²) in [4.78, 5) is 25.9. The van der Waals surface area contributed by atoms with Gasteiger partial charge in [-0.25, -0.2) is 4.98 Å². The zero-order valence-electron chi connectivity index (χ0n) is 16.7. The van der Waals surface area contributed by atoms with Crippen LogP contribution in [0, 0.1) is 0 Å². The molecule has 0 atom stereocenters. The third kappa shape index (κ3) is 4.06. The number of hydrogen-bond acceptors (Lipinski definition) is 6. The molecular weight excluding hydrogens is 368 g/mol. The molecule has 0 N–H and O–H groups in total. The van der Waals surface area contributed by atoms with Crippen molar-refractivity contribution in [1.82, 2.24) is 24.6 Å². The second-order valence-corrected chi connectivity index (χ2v) is 6.84. The summed E-state index contributed by atoms with van der Waals surface area (Å²) in [5.41, 5.74) is 2.28. The third-order valence-corrected chi connectivity index (χ3v) is 4.87. The maximum atomic E-state index is 13.2. The van der Waals surface area contributed by atoms with E-state index in [9.17, 15) is 4.79 Å². The fraction of sp³-hybridized carbons (Fsp3) is 0.333. The summed E-state index contributed by atoms with van der Waals surface area (Å²) in [7, 11) is 1.84. The first kappa shape index (κ1) is 18.9. The molecule has 0 spiro atoms. The first-order valence-electron chi connectivity index (χ1n) is 9.75. The van der Waals surface area contributed by atoms with Gasteiger partial charge in [0.05, 0.1) is 12.2 Å². The van der Waals surface area contributed by atoms with Gasteiger partial charge in [0.2, 0.25) is 11.8 Å². The van der Waals surface area contributed by atoms with Crippen molar-refractivity contribution in [2.75, 3.05) is 37.7 Å². The fourth-order valence-corrected chi connectivity index (χ4v) is 3.45. The largest absolute Gasteiger partial charge is 0.478 e. The number of ether oxygens (including phenoxy) is 1. The van der Waals surface area contributed by atoms with Crippen LogP contribution in [0.3, 0.4) is 0 Å². The van der Waals surface area contributed by atoms with Gasteiger partial charge in [-0.2, -0.15) is 10.1 Å². The molecule has 3 aromatic rings. The summed E-state index contributed by atoms with van der Waals surface area (Å²) >= 11 is 0. The van der Waals surface area contributed by atoms with E-state index in [-0.39, 0.29) is 5.91 Å². The molecule has 0 aliphatic carbocycles. The van der Waals surface area contributed by atoms with E-state index in [0.717, 1.165) is 5.56 Å². The van der Waals surface area contributed by atoms with Gasteiger partial charge in [0.15, 0.2) is 0 Å². The second kappa shape index (κ2) is 8.30. The molecule has 3 heterocycles. The van der Waals surface area contributed by atoms with Crippen LogP contribution in [0.25, 0.3) is 11.3 Å². The predicted molar refractivity (Wildman–Crippen MR) is 110 cm³/mol. The summed E-state index contributed by atoms with van der Waals surface area (Å²) in [6.07, 6.45) is 3.50. The minimum Gasteiger partial charge on any atom is -0.478 e. The molecule has 2 aromatic heterocycles. The van der Waals surface area contributed by atoms with Crippen LogP contribution in [-0.4, -0.2) is 63.3 Å². The Morgan fingerprint density at radius 2 is 1.86 bits per heavy atom. The van der Waals surface area contributed by atoms with E-state index >= 15 is 0 Å². The Labute approximate surface area is 169 Å². The van der Waals surface area contributed by atoms with Crippen LogP contribution >= 0.6 is 0 Å². The standard InChI is InChI=1S/C21H24N6O2/c1-3-29-18-9-10-22-21(23-18)27-13-11-26(12-14-27)20(28)17-15-25(2)24-19(17)16-7-5-4-6-8-16/h4-10,15H,3,11-14H2,1-2H3. The topological polar surface area (TPSA) is 76.4 Å². The lowest BCUT2D eigenvalue weighted by atomic mass is 10.1. The quantitative estimate of drug-likeness (QED) is 0.663. The lowest BCUT2D eigenvalue weighted by Crippen LogP contribution is -2.49. The minimum absolute atomic E-state index is 0.000545. The highest BCUT2D eigenvalue weighted by Gasteiger charge is 2.27. The number of carbonyl (C=O) groups is 1. The highest BCUT2D eigenvalue weighted by molar-refractivity contribution is 5.99. The number of anilines is 1. The SMILES string of the molecule is CCOc1ccnc(N2CCN(C(=O)c3cn(C)nc3-c3ccccc3)CC2)n1. The van der Waals surface area contributed by atoms with Gasteiger partial charge in [0.1, 0.15) is 5.69 Å². The Bertz CT molecular complexity index is 980. The van der Waals surface area contributed by atoms with Crippen molar-refractivity contribution >= 4 is 11.9 Å². The van der Waals surface area contributed by atoms with E-state index in [1.54, 1.807) is 23.1 Å². The summed E-state index contributed by atoms with van der Waals surface area (Å²) in [6, 6.07) is 11.6. The molecule has 8 heteroatoms. The van der Waals surface area contributed by atoms with E-state index in [4.69, 9.17) is 4.74 Å². The van der Waals surface area contributed by atoms with E-state index < -0.39 is 0 Å². The number of piperazine rings is 1. The number of aromatic nitrogens is 4. The zero-order chi connectivity index (χ0) is 20.2. The number of benzene rings is 1. The summed E-state index contributed by atoms with van der Waals surface area (Å²) in [6.45, 7) is 5.03. The zero-order valence-corrected chi connectivity index (χ0v) is 16.7. The van der Waals surface area contributed by atoms with Crippen LogP contribution in [0.15, 0.2) is 48.8 Å². The van der Waals surface area contributed by atoms with Gasteiger partial charge in [-0.1, -0.05) is 30.3 Å². The molecule has 0 radical (unpaired) electrons. The molecule has 1 amide bonds. The predicted octanol–water partition coefficient (Wildman–Crippen LogP) is 2.24. The van der Waals surface area contributed by atoms with Gasteiger partial charge in [-0.3, -0.25) is 9.48 Å². The van der Waals surface area contributed by atoms with Crippen LogP contribution in [-0.2, 0) is 7.05 Å². The molecule has 0 bridgehead atoms. The number of aryl methyl sites for hydroxylation is 1. The van der Waals surface area contributed by atoms with Crippen molar-refractivity contribution in [3.63, 3.8) is 0 Å². The van der Waals surface area contributed by atoms with E-state index in [1.165, 1.54) is 0 Å². The maximum absolute atomic E-state index is 13.2. The molecule has 1 aliphatic heterocycles. The minimum atomic E-state index is 0.000545. The van der Waals surface area contributed by atoms with Crippen LogP contribution in [0.1, 0.15) is 17.3 Å². The maximum Gasteiger partial charge on any atom is 0.257 e. The van der Waals surface area contributed by atoms with E-state index in [0.29, 0.717) is 55.9 Å². The van der Waals surface area contributed by atoms with Gasteiger partial charge in [0.25, 0.3) is 5.91 Å². The smallest absolute Gasteiger partial charge is 0.257 e. The van der Waals surface area contributed by atoms with Crippen molar-refractivity contribution in [2.24, 2.45) is 7.05 Å². The van der Waals surface area contributed by atoms with Crippen molar-refractivity contribution in [3.8, 4) is 17.1 Å². The van der Waals surface area contributed by atoms with Crippen molar-refractivity contribution in [1.29, 1.82) is 0 Å². The van der Waals surface area contributed by atoms with E-state index in [1.807, 2.05) is 49.2 Å². The average Bonchev–Trinajstić information content (AvgIpc) is 3.16.